The molecule has 4 rings (SSSR count). The van der Waals surface area contributed by atoms with Crippen molar-refractivity contribution in [2.75, 3.05) is 6.54 Å². The van der Waals surface area contributed by atoms with Crippen LogP contribution >= 0.6 is 34.8 Å². The van der Waals surface area contributed by atoms with Gasteiger partial charge in [-0.05, 0) is 54.2 Å². The first kappa shape index (κ1) is 29.4. The number of benzene rings is 2. The van der Waals surface area contributed by atoms with E-state index in [1.54, 1.807) is 30.3 Å². The van der Waals surface area contributed by atoms with Gasteiger partial charge in [0.25, 0.3) is 0 Å². The van der Waals surface area contributed by atoms with Gasteiger partial charge in [-0.1, -0.05) is 79.8 Å². The van der Waals surface area contributed by atoms with Gasteiger partial charge >= 0.3 is 6.03 Å². The largest absolute Gasteiger partial charge is 0.334 e. The Balaban J connectivity index is 1.85. The van der Waals surface area contributed by atoms with Gasteiger partial charge in [0.05, 0.1) is 17.1 Å². The Hall–Kier alpha value is -2.59. The summed E-state index contributed by atoms with van der Waals surface area (Å²) < 4.78 is 31.4. The molecule has 2 aromatic carbocycles. The second-order valence-electron chi connectivity index (χ2n) is 11.4. The monoisotopic (exact) mass is 591 g/mol. The van der Waals surface area contributed by atoms with Gasteiger partial charge in [-0.25, -0.2) is 13.6 Å². The minimum atomic E-state index is -1.57. The first-order valence-electron chi connectivity index (χ1n) is 12.7. The van der Waals surface area contributed by atoms with Crippen molar-refractivity contribution >= 4 is 40.8 Å². The van der Waals surface area contributed by atoms with Crippen LogP contribution in [-0.2, 0) is 12.0 Å². The zero-order valence-corrected chi connectivity index (χ0v) is 24.2. The molecule has 2 aliphatic rings. The number of halogens is 5. The zero-order chi connectivity index (χ0) is 28.5. The van der Waals surface area contributed by atoms with Crippen molar-refractivity contribution in [2.45, 2.75) is 51.6 Å². The molecule has 1 saturated heterocycles. The number of amides is 2. The summed E-state index contributed by atoms with van der Waals surface area (Å²) in [6, 6.07) is 12.1. The van der Waals surface area contributed by atoms with E-state index in [9.17, 15) is 10.1 Å². The predicted molar refractivity (Wildman–Crippen MR) is 152 cm³/mol. The lowest BCUT2D eigenvalue weighted by atomic mass is 9.62. The van der Waals surface area contributed by atoms with E-state index in [-0.39, 0.29) is 40.5 Å². The Morgan fingerprint density at radius 1 is 1.13 bits per heavy atom. The van der Waals surface area contributed by atoms with Gasteiger partial charge in [-0.15, -0.1) is 0 Å². The molecule has 1 aliphatic carbocycles. The van der Waals surface area contributed by atoms with Crippen LogP contribution in [0.3, 0.4) is 0 Å². The van der Waals surface area contributed by atoms with Crippen LogP contribution in [0.15, 0.2) is 65.5 Å². The van der Waals surface area contributed by atoms with E-state index in [0.717, 1.165) is 11.6 Å². The number of nitrogens with zero attached hydrogens (tertiary/aromatic N) is 2. The molecule has 1 heterocycles. The third-order valence-electron chi connectivity index (χ3n) is 7.49. The lowest BCUT2D eigenvalue weighted by Crippen LogP contribution is -2.53. The molecular formula is C30H30Cl3F2N3O. The molecule has 39 heavy (non-hydrogen) atoms. The zero-order valence-electron chi connectivity index (χ0n) is 21.9. The molecule has 1 aliphatic heterocycles. The van der Waals surface area contributed by atoms with Crippen LogP contribution in [0.2, 0.25) is 10.0 Å². The van der Waals surface area contributed by atoms with Crippen molar-refractivity contribution in [3.05, 3.63) is 92.5 Å². The molecule has 1 fully saturated rings. The number of nitrogens with one attached hydrogen (secondary N) is 1. The van der Waals surface area contributed by atoms with Gasteiger partial charge in [0.1, 0.15) is 17.1 Å². The Bertz CT molecular complexity index is 1350. The van der Waals surface area contributed by atoms with Crippen LogP contribution < -0.4 is 5.32 Å². The topological polar surface area (TPSA) is 56.1 Å². The van der Waals surface area contributed by atoms with Crippen molar-refractivity contribution in [3.63, 3.8) is 0 Å². The number of nitriles is 1. The maximum atomic E-state index is 15.7. The van der Waals surface area contributed by atoms with Gasteiger partial charge in [-0.3, -0.25) is 0 Å². The van der Waals surface area contributed by atoms with Crippen LogP contribution in [0.4, 0.5) is 13.6 Å². The van der Waals surface area contributed by atoms with Crippen molar-refractivity contribution < 1.29 is 13.6 Å². The van der Waals surface area contributed by atoms with E-state index in [1.165, 1.54) is 23.1 Å². The summed E-state index contributed by atoms with van der Waals surface area (Å²) in [5.74, 6) is -2.73. The fourth-order valence-electron chi connectivity index (χ4n) is 5.94. The van der Waals surface area contributed by atoms with E-state index in [1.807, 2.05) is 20.8 Å². The molecule has 9 heteroatoms. The molecule has 1 unspecified atom stereocenters. The Morgan fingerprint density at radius 2 is 1.79 bits per heavy atom. The average molecular weight is 593 g/mol. The van der Waals surface area contributed by atoms with Crippen molar-refractivity contribution in [1.29, 1.82) is 5.26 Å². The summed E-state index contributed by atoms with van der Waals surface area (Å²) in [6.07, 6.45) is 3.88. The normalized spacial score (nSPS) is 25.1. The third kappa shape index (κ3) is 5.96. The van der Waals surface area contributed by atoms with Crippen LogP contribution in [-0.4, -0.2) is 23.5 Å². The maximum absolute atomic E-state index is 15.7. The van der Waals surface area contributed by atoms with Crippen molar-refractivity contribution in [1.82, 2.24) is 10.2 Å². The van der Waals surface area contributed by atoms with Gasteiger partial charge in [0.2, 0.25) is 0 Å². The van der Waals surface area contributed by atoms with Crippen LogP contribution in [0, 0.1) is 34.4 Å². The fourth-order valence-corrected chi connectivity index (χ4v) is 6.45. The van der Waals surface area contributed by atoms with E-state index in [4.69, 9.17) is 34.8 Å². The fraction of sp³-hybridized carbons (Fsp3) is 0.400. The second kappa shape index (κ2) is 11.5. The quantitative estimate of drug-likeness (QED) is 0.378. The summed E-state index contributed by atoms with van der Waals surface area (Å²) >= 11 is 18.3. The molecule has 2 aromatic rings. The minimum absolute atomic E-state index is 0.0875. The third-order valence-corrected chi connectivity index (χ3v) is 8.28. The first-order valence-corrected chi connectivity index (χ1v) is 13.9. The molecule has 4 atom stereocenters. The highest BCUT2D eigenvalue weighted by Gasteiger charge is 2.61. The van der Waals surface area contributed by atoms with Gasteiger partial charge in [0, 0.05) is 40.5 Å². The van der Waals surface area contributed by atoms with Crippen LogP contribution in [0.1, 0.15) is 44.7 Å². The molecular weight excluding hydrogens is 563 g/mol. The molecule has 4 nitrogen and oxygen atoms in total. The van der Waals surface area contributed by atoms with E-state index >= 15 is 8.78 Å². The number of carbonyl (C=O) groups excluding carboxylic acids is 1. The number of hydrogen-bond acceptors (Lipinski definition) is 2. The standard InChI is InChI=1S/C30H30Cl3F2N3O/c1-29(2,3)14-19-16-38(28(39)37-15-18-7-9-20(31)10-8-18)27(22-5-4-6-24(33)26(22)35)30(19,17-36)23-12-11-21(32)13-25(23)34/h4,6-13,19,22,27H,5,14-16H2,1-3H3,(H,37,39)/t19-,22?,27-,30-/m1/s1. The lowest BCUT2D eigenvalue weighted by molar-refractivity contribution is 0.156. The molecule has 1 N–H and O–H groups in total. The molecule has 2 amide bonds. The van der Waals surface area contributed by atoms with Crippen molar-refractivity contribution in [2.24, 2.45) is 17.3 Å². The molecule has 0 radical (unpaired) electrons. The van der Waals surface area contributed by atoms with E-state index in [0.29, 0.717) is 11.4 Å². The number of likely N-dealkylation sites (tertiary alicyclic amines) is 1. The predicted octanol–water partition coefficient (Wildman–Crippen LogP) is 8.54. The molecule has 0 bridgehead atoms. The SMILES string of the molecule is CC(C)(C)C[C@@H]1CN(C(=O)NCc2ccc(Cl)cc2)[C@H](C2CC=CC(Cl)=C2F)[C@@]1(C#N)c1ccc(Cl)cc1F. The minimum Gasteiger partial charge on any atom is -0.334 e. The van der Waals surface area contributed by atoms with Crippen LogP contribution in [0.25, 0.3) is 0 Å². The Kier molecular flexibility index (Phi) is 8.66. The smallest absolute Gasteiger partial charge is 0.318 e. The highest BCUT2D eigenvalue weighted by molar-refractivity contribution is 6.31. The Morgan fingerprint density at radius 3 is 2.41 bits per heavy atom. The maximum Gasteiger partial charge on any atom is 0.318 e. The highest BCUT2D eigenvalue weighted by atomic mass is 35.5. The highest BCUT2D eigenvalue weighted by Crippen LogP contribution is 2.54. The van der Waals surface area contributed by atoms with E-state index < -0.39 is 41.0 Å². The number of hydrogen-bond donors (Lipinski definition) is 1. The number of rotatable bonds is 5. The number of carbonyl (C=O) groups is 1. The molecule has 206 valence electrons. The lowest BCUT2D eigenvalue weighted by Gasteiger charge is -2.41. The molecule has 0 spiro atoms. The van der Waals surface area contributed by atoms with E-state index in [2.05, 4.69) is 11.4 Å². The summed E-state index contributed by atoms with van der Waals surface area (Å²) in [6.45, 7) is 6.39. The van der Waals surface area contributed by atoms with Crippen LogP contribution in [0.5, 0.6) is 0 Å². The first-order chi connectivity index (χ1) is 18.4. The van der Waals surface area contributed by atoms with Gasteiger partial charge in [0.15, 0.2) is 0 Å². The molecule has 0 aromatic heterocycles. The summed E-state index contributed by atoms with van der Waals surface area (Å²) in [7, 11) is 0. The van der Waals surface area contributed by atoms with Gasteiger partial charge < -0.3 is 10.2 Å². The number of urea groups is 1. The van der Waals surface area contributed by atoms with Crippen molar-refractivity contribution in [3.8, 4) is 6.07 Å². The summed E-state index contributed by atoms with van der Waals surface area (Å²) in [5.41, 5.74) is -0.918. The Labute approximate surface area is 243 Å². The molecule has 0 saturated carbocycles. The number of allylic oxidation sites excluding steroid dienone is 3. The average Bonchev–Trinajstić information content (AvgIpc) is 3.18. The summed E-state index contributed by atoms with van der Waals surface area (Å²) in [4.78, 5) is 15.3. The summed E-state index contributed by atoms with van der Waals surface area (Å²) in [5, 5.41) is 14.5. The van der Waals surface area contributed by atoms with Gasteiger partial charge in [-0.2, -0.15) is 5.26 Å². The second-order valence-corrected chi connectivity index (χ2v) is 12.7.